The number of piperazine rings is 1. The Hall–Kier alpha value is -3.30. The van der Waals surface area contributed by atoms with Gasteiger partial charge in [-0.2, -0.15) is 0 Å². The minimum absolute atomic E-state index is 0.00550. The first-order valence-corrected chi connectivity index (χ1v) is 12.5. The molecule has 9 nitrogen and oxygen atoms in total. The number of rotatable bonds is 7. The fourth-order valence-corrected chi connectivity index (χ4v) is 4.98. The lowest BCUT2D eigenvalue weighted by atomic mass is 9.95. The average molecular weight is 496 g/mol. The molecule has 0 aromatic heterocycles. The largest absolute Gasteiger partial charge is 0.493 e. The number of carbonyl (C=O) groups excluding carboxylic acids is 2. The number of hydrogen-bond donors (Lipinski definition) is 2. The summed E-state index contributed by atoms with van der Waals surface area (Å²) in [5, 5.41) is 5.53. The maximum absolute atomic E-state index is 12.8. The van der Waals surface area contributed by atoms with Crippen molar-refractivity contribution in [3.8, 4) is 11.5 Å². The number of carbonyl (C=O) groups is 2. The van der Waals surface area contributed by atoms with Crippen molar-refractivity contribution in [3.63, 3.8) is 0 Å². The molecule has 0 aliphatic carbocycles. The molecule has 0 spiro atoms. The molecule has 0 radical (unpaired) electrons. The number of anilines is 2. The minimum Gasteiger partial charge on any atom is -0.493 e. The monoisotopic (exact) mass is 495 g/mol. The summed E-state index contributed by atoms with van der Waals surface area (Å²) in [6.07, 6.45) is 2.20. The van der Waals surface area contributed by atoms with Gasteiger partial charge in [0.15, 0.2) is 11.5 Å². The molecule has 2 aromatic rings. The van der Waals surface area contributed by atoms with Gasteiger partial charge in [-0.15, -0.1) is 0 Å². The van der Waals surface area contributed by atoms with Crippen LogP contribution in [0, 0.1) is 0 Å². The SMILES string of the molecule is COc1ccc(NC(=O)C(=O)NC[C@@H](c2ccc3c(c2)CCCN3C)N2CCN(C)CC2)cc1OC. The molecule has 194 valence electrons. The lowest BCUT2D eigenvalue weighted by molar-refractivity contribution is -0.136. The number of nitrogens with one attached hydrogen (secondary N) is 2. The zero-order valence-electron chi connectivity index (χ0n) is 21.7. The highest BCUT2D eigenvalue weighted by atomic mass is 16.5. The molecule has 2 heterocycles. The van der Waals surface area contributed by atoms with Gasteiger partial charge in [-0.3, -0.25) is 14.5 Å². The van der Waals surface area contributed by atoms with E-state index in [1.54, 1.807) is 25.3 Å². The molecular formula is C27H37N5O4. The Morgan fingerprint density at radius 2 is 1.67 bits per heavy atom. The molecule has 1 saturated heterocycles. The van der Waals surface area contributed by atoms with Crippen LogP contribution in [0.15, 0.2) is 36.4 Å². The van der Waals surface area contributed by atoms with Crippen molar-refractivity contribution in [2.45, 2.75) is 18.9 Å². The van der Waals surface area contributed by atoms with E-state index in [1.165, 1.54) is 23.9 Å². The molecule has 2 amide bonds. The van der Waals surface area contributed by atoms with Gasteiger partial charge in [0, 0.05) is 63.8 Å². The topological polar surface area (TPSA) is 86.4 Å². The highest BCUT2D eigenvalue weighted by molar-refractivity contribution is 6.39. The smallest absolute Gasteiger partial charge is 0.313 e. The molecule has 36 heavy (non-hydrogen) atoms. The maximum Gasteiger partial charge on any atom is 0.313 e. The molecule has 1 fully saturated rings. The summed E-state index contributed by atoms with van der Waals surface area (Å²) in [5.74, 6) is -0.358. The van der Waals surface area contributed by atoms with Gasteiger partial charge in [0.05, 0.1) is 20.3 Å². The van der Waals surface area contributed by atoms with E-state index in [1.807, 2.05) is 0 Å². The lowest BCUT2D eigenvalue weighted by Crippen LogP contribution is -2.49. The van der Waals surface area contributed by atoms with Crippen molar-refractivity contribution in [2.75, 3.05) is 77.8 Å². The molecular weight excluding hydrogens is 458 g/mol. The quantitative estimate of drug-likeness (QED) is 0.569. The van der Waals surface area contributed by atoms with Crippen molar-refractivity contribution in [2.24, 2.45) is 0 Å². The van der Waals surface area contributed by atoms with Gasteiger partial charge in [-0.25, -0.2) is 0 Å². The number of benzene rings is 2. The Labute approximate surface area is 213 Å². The van der Waals surface area contributed by atoms with Gasteiger partial charge in [0.25, 0.3) is 0 Å². The third-order valence-electron chi connectivity index (χ3n) is 7.12. The predicted molar refractivity (Wildman–Crippen MR) is 141 cm³/mol. The Balaban J connectivity index is 1.46. The van der Waals surface area contributed by atoms with Gasteiger partial charge < -0.3 is 29.9 Å². The summed E-state index contributed by atoms with van der Waals surface area (Å²) in [6.45, 7) is 5.18. The van der Waals surface area contributed by atoms with Crippen LogP contribution >= 0.6 is 0 Å². The minimum atomic E-state index is -0.716. The van der Waals surface area contributed by atoms with Crippen molar-refractivity contribution in [3.05, 3.63) is 47.5 Å². The van der Waals surface area contributed by atoms with Crippen LogP contribution in [0.1, 0.15) is 23.6 Å². The van der Waals surface area contributed by atoms with Gasteiger partial charge in [-0.1, -0.05) is 12.1 Å². The van der Waals surface area contributed by atoms with Gasteiger partial charge >= 0.3 is 11.8 Å². The third-order valence-corrected chi connectivity index (χ3v) is 7.12. The molecule has 1 atom stereocenters. The van der Waals surface area contributed by atoms with E-state index in [2.05, 4.69) is 57.6 Å². The summed E-state index contributed by atoms with van der Waals surface area (Å²) >= 11 is 0. The lowest BCUT2D eigenvalue weighted by Gasteiger charge is -2.39. The van der Waals surface area contributed by atoms with Crippen LogP contribution in [0.5, 0.6) is 11.5 Å². The van der Waals surface area contributed by atoms with E-state index < -0.39 is 11.8 Å². The van der Waals surface area contributed by atoms with E-state index in [9.17, 15) is 9.59 Å². The second kappa shape index (κ2) is 11.6. The number of methoxy groups -OCH3 is 2. The van der Waals surface area contributed by atoms with Crippen LogP contribution in [0.2, 0.25) is 0 Å². The Morgan fingerprint density at radius 1 is 0.917 bits per heavy atom. The van der Waals surface area contributed by atoms with Crippen molar-refractivity contribution in [1.82, 2.24) is 15.1 Å². The zero-order valence-corrected chi connectivity index (χ0v) is 21.7. The zero-order chi connectivity index (χ0) is 25.7. The van der Waals surface area contributed by atoms with Crippen molar-refractivity contribution in [1.29, 1.82) is 0 Å². The molecule has 2 N–H and O–H groups in total. The summed E-state index contributed by atoms with van der Waals surface area (Å²) in [4.78, 5) is 32.4. The second-order valence-corrected chi connectivity index (χ2v) is 9.50. The maximum atomic E-state index is 12.8. The van der Waals surface area contributed by atoms with Gasteiger partial charge in [0.1, 0.15) is 0 Å². The van der Waals surface area contributed by atoms with Crippen LogP contribution in [0.3, 0.4) is 0 Å². The fraction of sp³-hybridized carbons (Fsp3) is 0.481. The van der Waals surface area contributed by atoms with Gasteiger partial charge in [-0.05, 0) is 49.2 Å². The number of aryl methyl sites for hydroxylation is 1. The predicted octanol–water partition coefficient (Wildman–Crippen LogP) is 2.13. The first-order chi connectivity index (χ1) is 17.4. The van der Waals surface area contributed by atoms with Gasteiger partial charge in [0.2, 0.25) is 0 Å². The number of nitrogens with zero attached hydrogens (tertiary/aromatic N) is 3. The number of hydrogen-bond acceptors (Lipinski definition) is 7. The van der Waals surface area contributed by atoms with Crippen molar-refractivity contribution >= 4 is 23.2 Å². The standard InChI is InChI=1S/C27H37N5O4/c1-30-12-14-32(15-13-30)23(20-7-9-22-19(16-20)6-5-11-31(22)2)18-28-26(33)27(34)29-21-8-10-24(35-3)25(17-21)36-4/h7-10,16-17,23H,5-6,11-15,18H2,1-4H3,(H,28,33)(H,29,34)/t23-/m0/s1. The van der Waals surface area contributed by atoms with Crippen LogP contribution in [0.25, 0.3) is 0 Å². The van der Waals surface area contributed by atoms with E-state index in [-0.39, 0.29) is 6.04 Å². The highest BCUT2D eigenvalue weighted by Gasteiger charge is 2.27. The van der Waals surface area contributed by atoms with E-state index in [0.29, 0.717) is 23.7 Å². The average Bonchev–Trinajstić information content (AvgIpc) is 2.89. The number of amides is 2. The Morgan fingerprint density at radius 3 is 2.39 bits per heavy atom. The highest BCUT2D eigenvalue weighted by Crippen LogP contribution is 2.31. The molecule has 2 aromatic carbocycles. The number of fused-ring (bicyclic) bond motifs is 1. The summed E-state index contributed by atoms with van der Waals surface area (Å²) in [5.41, 5.74) is 4.26. The molecule has 0 saturated carbocycles. The number of ether oxygens (including phenoxy) is 2. The first-order valence-electron chi connectivity index (χ1n) is 12.5. The fourth-order valence-electron chi connectivity index (χ4n) is 4.98. The second-order valence-electron chi connectivity index (χ2n) is 9.50. The molecule has 0 bridgehead atoms. The van der Waals surface area contributed by atoms with Crippen LogP contribution in [0.4, 0.5) is 11.4 Å². The number of likely N-dealkylation sites (N-methyl/N-ethyl adjacent to an activating group) is 1. The van der Waals surface area contributed by atoms with Crippen LogP contribution < -0.4 is 25.0 Å². The van der Waals surface area contributed by atoms with Crippen LogP contribution in [-0.2, 0) is 16.0 Å². The molecule has 2 aliphatic heterocycles. The summed E-state index contributed by atoms with van der Waals surface area (Å²) < 4.78 is 10.5. The Bertz CT molecular complexity index is 1080. The summed E-state index contributed by atoms with van der Waals surface area (Å²) in [6, 6.07) is 11.6. The van der Waals surface area contributed by atoms with E-state index >= 15 is 0 Å². The molecule has 9 heteroatoms. The first kappa shape index (κ1) is 25.8. The molecule has 4 rings (SSSR count). The Kier molecular flexibility index (Phi) is 8.32. The molecule has 0 unspecified atom stereocenters. The van der Waals surface area contributed by atoms with E-state index in [0.717, 1.165) is 45.6 Å². The normalized spacial score (nSPS) is 17.2. The third kappa shape index (κ3) is 5.91. The summed E-state index contributed by atoms with van der Waals surface area (Å²) in [7, 11) is 7.32. The van der Waals surface area contributed by atoms with Crippen LogP contribution in [-0.4, -0.2) is 89.2 Å². The van der Waals surface area contributed by atoms with E-state index in [4.69, 9.17) is 9.47 Å². The van der Waals surface area contributed by atoms with Crippen molar-refractivity contribution < 1.29 is 19.1 Å². The molecule has 2 aliphatic rings.